The van der Waals surface area contributed by atoms with E-state index >= 15 is 0 Å². The van der Waals surface area contributed by atoms with Crippen LogP contribution in [0.25, 0.3) is 0 Å². The van der Waals surface area contributed by atoms with Crippen LogP contribution < -0.4 is 12.4 Å². The summed E-state index contributed by atoms with van der Waals surface area (Å²) in [6, 6.07) is 0. The summed E-state index contributed by atoms with van der Waals surface area (Å²) in [5, 5.41) is 0. The van der Waals surface area contributed by atoms with Gasteiger partial charge in [0.05, 0.1) is 0 Å². The third-order valence-corrected chi connectivity index (χ3v) is 1.01. The van der Waals surface area contributed by atoms with Gasteiger partial charge in [-0.05, 0) is 25.7 Å². The number of halogens is 1. The smallest absolute Gasteiger partial charge is 0 e. The number of rotatable bonds is 0. The van der Waals surface area contributed by atoms with Crippen molar-refractivity contribution in [2.45, 2.75) is 19.3 Å². The van der Waals surface area contributed by atoms with Gasteiger partial charge in [-0.2, -0.15) is 0 Å². The summed E-state index contributed by atoms with van der Waals surface area (Å²) in [4.78, 5) is 0. The first-order valence-electron chi connectivity index (χ1n) is 2.48. The van der Waals surface area contributed by atoms with Gasteiger partial charge in [-0.1, -0.05) is 12.2 Å². The average Bonchev–Trinajstić information content (AvgIpc) is 1.72. The molecule has 0 atom stereocenters. The minimum absolute atomic E-state index is 0. The first-order valence-corrected chi connectivity index (χ1v) is 2.48. The molecule has 0 saturated carbocycles. The Bertz CT molecular complexity index is 53.5. The van der Waals surface area contributed by atoms with Crippen LogP contribution in [0.5, 0.6) is 0 Å². The molecule has 1 aliphatic rings. The second kappa shape index (κ2) is 7.65. The predicted octanol–water partition coefficient (Wildman–Crippen LogP) is -1.07. The van der Waals surface area contributed by atoms with Gasteiger partial charge in [0.1, 0.15) is 0 Å². The molecule has 0 unspecified atom stereocenters. The maximum Gasteiger partial charge on any atom is 0 e. The van der Waals surface area contributed by atoms with Gasteiger partial charge in [0.25, 0.3) is 0 Å². The second-order valence-electron chi connectivity index (χ2n) is 1.59. The van der Waals surface area contributed by atoms with Crippen molar-refractivity contribution in [3.63, 3.8) is 0 Å². The van der Waals surface area contributed by atoms with Gasteiger partial charge in [-0.25, -0.2) is 0 Å². The topological polar surface area (TPSA) is 0 Å². The molecule has 0 aromatic rings. The fourth-order valence-electron chi connectivity index (χ4n) is 0.642. The summed E-state index contributed by atoms with van der Waals surface area (Å²) >= 11 is 0. The molecular formula is C6H9ClZn-. The molecule has 0 spiro atoms. The average molecular weight is 182 g/mol. The Morgan fingerprint density at radius 2 is 1.88 bits per heavy atom. The zero-order valence-corrected chi connectivity index (χ0v) is 8.66. The molecule has 0 bridgehead atoms. The van der Waals surface area contributed by atoms with Crippen molar-refractivity contribution in [1.82, 2.24) is 0 Å². The van der Waals surface area contributed by atoms with Crippen LogP contribution in [0.4, 0.5) is 0 Å². The Balaban J connectivity index is 0. The molecule has 8 heavy (non-hydrogen) atoms. The molecule has 0 aliphatic heterocycles. The van der Waals surface area contributed by atoms with Crippen molar-refractivity contribution in [1.29, 1.82) is 0 Å². The first kappa shape index (κ1) is 11.5. The SMILES string of the molecule is [CH]1C=CCCC1.[Cl-].[Zn]. The van der Waals surface area contributed by atoms with Crippen LogP contribution in [0.2, 0.25) is 0 Å². The van der Waals surface area contributed by atoms with Crippen LogP contribution >= 0.6 is 0 Å². The summed E-state index contributed by atoms with van der Waals surface area (Å²) in [6.45, 7) is 0. The van der Waals surface area contributed by atoms with E-state index < -0.39 is 0 Å². The van der Waals surface area contributed by atoms with Gasteiger partial charge in [-0.3, -0.25) is 0 Å². The van der Waals surface area contributed by atoms with Gasteiger partial charge >= 0.3 is 0 Å². The summed E-state index contributed by atoms with van der Waals surface area (Å²) < 4.78 is 0. The van der Waals surface area contributed by atoms with Crippen LogP contribution in [0.3, 0.4) is 0 Å². The molecule has 0 saturated heterocycles. The Morgan fingerprint density at radius 3 is 2.00 bits per heavy atom. The molecule has 1 radical (unpaired) electrons. The summed E-state index contributed by atoms with van der Waals surface area (Å²) in [5.74, 6) is 0. The van der Waals surface area contributed by atoms with Gasteiger partial charge in [0.2, 0.25) is 0 Å². The van der Waals surface area contributed by atoms with E-state index in [1.165, 1.54) is 19.3 Å². The van der Waals surface area contributed by atoms with Gasteiger partial charge in [0, 0.05) is 19.5 Å². The molecule has 0 nitrogen and oxygen atoms in total. The van der Waals surface area contributed by atoms with E-state index in [1.54, 1.807) is 0 Å². The predicted molar refractivity (Wildman–Crippen MR) is 27.3 cm³/mol. The third-order valence-electron chi connectivity index (χ3n) is 1.01. The number of hydrogen-bond acceptors (Lipinski definition) is 0. The Kier molecular flexibility index (Phi) is 11.0. The largest absolute Gasteiger partial charge is 1.00 e. The van der Waals surface area contributed by atoms with Crippen molar-refractivity contribution in [2.24, 2.45) is 0 Å². The summed E-state index contributed by atoms with van der Waals surface area (Å²) in [7, 11) is 0. The zero-order valence-electron chi connectivity index (χ0n) is 4.94. The molecule has 1 aliphatic carbocycles. The van der Waals surface area contributed by atoms with Crippen molar-refractivity contribution >= 4 is 0 Å². The van der Waals surface area contributed by atoms with Crippen molar-refractivity contribution in [2.75, 3.05) is 0 Å². The van der Waals surface area contributed by atoms with Crippen LogP contribution in [-0.2, 0) is 19.5 Å². The molecule has 0 heterocycles. The van der Waals surface area contributed by atoms with Crippen molar-refractivity contribution in [3.8, 4) is 0 Å². The van der Waals surface area contributed by atoms with E-state index in [4.69, 9.17) is 0 Å². The van der Waals surface area contributed by atoms with E-state index in [-0.39, 0.29) is 31.9 Å². The van der Waals surface area contributed by atoms with Gasteiger partial charge in [0.15, 0.2) is 0 Å². The fourth-order valence-corrected chi connectivity index (χ4v) is 0.642. The number of hydrogen-bond donors (Lipinski definition) is 0. The second-order valence-corrected chi connectivity index (χ2v) is 1.59. The van der Waals surface area contributed by atoms with Crippen LogP contribution in [0, 0.1) is 6.42 Å². The number of allylic oxidation sites excluding steroid dienone is 2. The van der Waals surface area contributed by atoms with Crippen LogP contribution in [0.15, 0.2) is 12.2 Å². The van der Waals surface area contributed by atoms with Gasteiger partial charge < -0.3 is 12.4 Å². The standard InChI is InChI=1S/C6H9.ClH.Zn/c1-2-4-6-5-3-1;;/h1-3H,4-6H2;1H;/p-1. The van der Waals surface area contributed by atoms with Crippen LogP contribution in [0.1, 0.15) is 19.3 Å². The quantitative estimate of drug-likeness (QED) is 0.418. The molecule has 43 valence electrons. The van der Waals surface area contributed by atoms with E-state index in [0.717, 1.165) is 0 Å². The molecule has 0 fully saturated rings. The minimum Gasteiger partial charge on any atom is -1.00 e. The molecule has 0 amide bonds. The normalized spacial score (nSPS) is 16.0. The van der Waals surface area contributed by atoms with E-state index in [2.05, 4.69) is 18.6 Å². The van der Waals surface area contributed by atoms with Crippen molar-refractivity contribution in [3.05, 3.63) is 18.6 Å². The first-order chi connectivity index (χ1) is 3.00. The zero-order chi connectivity index (χ0) is 4.24. The fraction of sp³-hybridized carbons (Fsp3) is 0.500. The van der Waals surface area contributed by atoms with Crippen LogP contribution in [-0.4, -0.2) is 0 Å². The monoisotopic (exact) mass is 180 g/mol. The maximum atomic E-state index is 2.21. The third kappa shape index (κ3) is 4.80. The van der Waals surface area contributed by atoms with Gasteiger partial charge in [-0.15, -0.1) is 0 Å². The van der Waals surface area contributed by atoms with Crippen molar-refractivity contribution < 1.29 is 31.9 Å². The Hall–Kier alpha value is 0.653. The maximum absolute atomic E-state index is 2.21. The Morgan fingerprint density at radius 1 is 1.12 bits per heavy atom. The molecule has 1 rings (SSSR count). The van der Waals surface area contributed by atoms with E-state index in [1.807, 2.05) is 0 Å². The summed E-state index contributed by atoms with van der Waals surface area (Å²) in [6.07, 6.45) is 10.5. The van der Waals surface area contributed by atoms with E-state index in [9.17, 15) is 0 Å². The molecule has 0 aromatic heterocycles. The van der Waals surface area contributed by atoms with E-state index in [0.29, 0.717) is 0 Å². The molecular weight excluding hydrogens is 173 g/mol. The summed E-state index contributed by atoms with van der Waals surface area (Å²) in [5.41, 5.74) is 0. The molecule has 2 heteroatoms. The molecule has 0 N–H and O–H groups in total. The minimum atomic E-state index is 0. The molecule has 0 aromatic carbocycles. The Labute approximate surface area is 69.9 Å².